The molecule has 0 radical (unpaired) electrons. The van der Waals surface area contributed by atoms with Gasteiger partial charge in [0.1, 0.15) is 0 Å². The minimum Gasteiger partial charge on any atom is -0.481 e. The van der Waals surface area contributed by atoms with Gasteiger partial charge in [-0.1, -0.05) is 35.4 Å². The number of hydrogen-bond acceptors (Lipinski definition) is 3. The van der Waals surface area contributed by atoms with Gasteiger partial charge in [-0.05, 0) is 31.9 Å². The number of nitrogens with zero attached hydrogens (tertiary/aromatic N) is 2. The van der Waals surface area contributed by atoms with Crippen LogP contribution in [0.1, 0.15) is 22.3 Å². The summed E-state index contributed by atoms with van der Waals surface area (Å²) in [6, 6.07) is 10.5. The van der Waals surface area contributed by atoms with Crippen LogP contribution in [0.3, 0.4) is 0 Å². The van der Waals surface area contributed by atoms with E-state index < -0.39 is 0 Å². The molecule has 2 rings (SSSR count). The van der Waals surface area contributed by atoms with Gasteiger partial charge in [-0.25, -0.2) is 4.98 Å². The molecule has 0 amide bonds. The van der Waals surface area contributed by atoms with E-state index in [-0.39, 0.29) is 0 Å². The molecule has 0 fully saturated rings. The molecule has 0 aliphatic carbocycles. The average molecular weight is 326 g/mol. The first kappa shape index (κ1) is 17.8. The Balaban J connectivity index is 1.84. The standard InChI is InChI=1S/C19H26N4O/c1-14-10-15(2)12-16(11-14)7-9-22-19(20-3)23-13-17-6-5-8-21-18(17)24-4/h5-6,8,10-12H,7,9,13H2,1-4H3,(H2,20,22,23). The van der Waals surface area contributed by atoms with Crippen LogP contribution in [0, 0.1) is 13.8 Å². The molecule has 0 aliphatic rings. The van der Waals surface area contributed by atoms with E-state index >= 15 is 0 Å². The third kappa shape index (κ3) is 5.26. The lowest BCUT2D eigenvalue weighted by atomic mass is 10.1. The summed E-state index contributed by atoms with van der Waals surface area (Å²) in [5.74, 6) is 1.40. The highest BCUT2D eigenvalue weighted by molar-refractivity contribution is 5.79. The van der Waals surface area contributed by atoms with Crippen LogP contribution in [0.5, 0.6) is 5.88 Å². The van der Waals surface area contributed by atoms with E-state index in [0.717, 1.165) is 24.5 Å². The molecule has 1 aromatic carbocycles. The van der Waals surface area contributed by atoms with Crippen molar-refractivity contribution < 1.29 is 4.74 Å². The van der Waals surface area contributed by atoms with Gasteiger partial charge < -0.3 is 15.4 Å². The second kappa shape index (κ2) is 8.91. The minimum atomic E-state index is 0.611. The van der Waals surface area contributed by atoms with E-state index in [1.807, 2.05) is 12.1 Å². The lowest BCUT2D eigenvalue weighted by Crippen LogP contribution is -2.38. The van der Waals surface area contributed by atoms with Crippen LogP contribution in [0.2, 0.25) is 0 Å². The van der Waals surface area contributed by atoms with Crippen molar-refractivity contribution >= 4 is 5.96 Å². The maximum atomic E-state index is 5.26. The average Bonchev–Trinajstić information content (AvgIpc) is 2.57. The molecule has 0 bridgehead atoms. The molecule has 24 heavy (non-hydrogen) atoms. The van der Waals surface area contributed by atoms with Crippen LogP contribution in [-0.2, 0) is 13.0 Å². The maximum Gasteiger partial charge on any atom is 0.218 e. The van der Waals surface area contributed by atoms with Crippen molar-refractivity contribution in [2.75, 3.05) is 20.7 Å². The van der Waals surface area contributed by atoms with E-state index in [4.69, 9.17) is 4.74 Å². The number of hydrogen-bond donors (Lipinski definition) is 2. The van der Waals surface area contributed by atoms with Crippen molar-refractivity contribution in [2.45, 2.75) is 26.8 Å². The Bertz CT molecular complexity index is 677. The normalized spacial score (nSPS) is 11.2. The van der Waals surface area contributed by atoms with E-state index in [9.17, 15) is 0 Å². The molecule has 1 aromatic heterocycles. The van der Waals surface area contributed by atoms with Gasteiger partial charge in [0.25, 0.3) is 0 Å². The fourth-order valence-corrected chi connectivity index (χ4v) is 2.68. The Morgan fingerprint density at radius 2 is 1.92 bits per heavy atom. The summed E-state index contributed by atoms with van der Waals surface area (Å²) in [7, 11) is 3.40. The molecule has 0 spiro atoms. The number of aryl methyl sites for hydroxylation is 2. The Morgan fingerprint density at radius 3 is 2.58 bits per heavy atom. The number of pyridine rings is 1. The smallest absolute Gasteiger partial charge is 0.218 e. The van der Waals surface area contributed by atoms with Gasteiger partial charge in [0.2, 0.25) is 5.88 Å². The van der Waals surface area contributed by atoms with Gasteiger partial charge >= 0.3 is 0 Å². The molecule has 5 heteroatoms. The van der Waals surface area contributed by atoms with Crippen LogP contribution < -0.4 is 15.4 Å². The number of nitrogens with one attached hydrogen (secondary N) is 2. The van der Waals surface area contributed by atoms with Crippen molar-refractivity contribution in [3.05, 3.63) is 58.8 Å². The number of guanidine groups is 1. The number of aliphatic imine (C=N–C) groups is 1. The molecule has 128 valence electrons. The number of aromatic nitrogens is 1. The first-order valence-corrected chi connectivity index (χ1v) is 8.12. The van der Waals surface area contributed by atoms with Gasteiger partial charge in [0, 0.05) is 31.9 Å². The molecule has 1 heterocycles. The third-order valence-corrected chi connectivity index (χ3v) is 3.70. The van der Waals surface area contributed by atoms with Crippen molar-refractivity contribution in [1.82, 2.24) is 15.6 Å². The van der Waals surface area contributed by atoms with E-state index in [2.05, 4.69) is 52.7 Å². The predicted molar refractivity (Wildman–Crippen MR) is 98.6 cm³/mol. The topological polar surface area (TPSA) is 58.5 Å². The number of methoxy groups -OCH3 is 1. The van der Waals surface area contributed by atoms with Crippen LogP contribution >= 0.6 is 0 Å². The monoisotopic (exact) mass is 326 g/mol. The van der Waals surface area contributed by atoms with Gasteiger partial charge in [-0.3, -0.25) is 4.99 Å². The van der Waals surface area contributed by atoms with Crippen LogP contribution in [0.4, 0.5) is 0 Å². The third-order valence-electron chi connectivity index (χ3n) is 3.70. The Kier molecular flexibility index (Phi) is 6.61. The summed E-state index contributed by atoms with van der Waals surface area (Å²) in [6.45, 7) is 5.70. The zero-order valence-electron chi connectivity index (χ0n) is 14.9. The van der Waals surface area contributed by atoms with Crippen molar-refractivity contribution in [3.8, 4) is 5.88 Å². The first-order chi connectivity index (χ1) is 11.6. The minimum absolute atomic E-state index is 0.611. The molecule has 0 aliphatic heterocycles. The Morgan fingerprint density at radius 1 is 1.17 bits per heavy atom. The van der Waals surface area contributed by atoms with E-state index in [1.165, 1.54) is 16.7 Å². The predicted octanol–water partition coefficient (Wildman–Crippen LogP) is 2.61. The highest BCUT2D eigenvalue weighted by Crippen LogP contribution is 2.12. The highest BCUT2D eigenvalue weighted by atomic mass is 16.5. The van der Waals surface area contributed by atoms with E-state index in [0.29, 0.717) is 12.4 Å². The largest absolute Gasteiger partial charge is 0.481 e. The summed E-state index contributed by atoms with van der Waals surface area (Å²) in [6.07, 6.45) is 2.68. The summed E-state index contributed by atoms with van der Waals surface area (Å²) in [5.41, 5.74) is 4.94. The van der Waals surface area contributed by atoms with Crippen LogP contribution in [0.15, 0.2) is 41.5 Å². The highest BCUT2D eigenvalue weighted by Gasteiger charge is 2.04. The maximum absolute atomic E-state index is 5.26. The molecule has 0 unspecified atom stereocenters. The van der Waals surface area contributed by atoms with Crippen molar-refractivity contribution in [2.24, 2.45) is 4.99 Å². The second-order valence-electron chi connectivity index (χ2n) is 5.77. The molecular weight excluding hydrogens is 300 g/mol. The molecule has 0 saturated carbocycles. The lowest BCUT2D eigenvalue weighted by Gasteiger charge is -2.13. The fraction of sp³-hybridized carbons (Fsp3) is 0.368. The number of ether oxygens (including phenoxy) is 1. The summed E-state index contributed by atoms with van der Waals surface area (Å²) >= 11 is 0. The SMILES string of the molecule is CN=C(NCCc1cc(C)cc(C)c1)NCc1cccnc1OC. The van der Waals surface area contributed by atoms with Gasteiger partial charge in [-0.15, -0.1) is 0 Å². The molecule has 0 atom stereocenters. The quantitative estimate of drug-likeness (QED) is 0.633. The summed E-state index contributed by atoms with van der Waals surface area (Å²) in [4.78, 5) is 8.45. The Labute approximate surface area is 144 Å². The van der Waals surface area contributed by atoms with E-state index in [1.54, 1.807) is 20.4 Å². The molecule has 2 N–H and O–H groups in total. The van der Waals surface area contributed by atoms with Gasteiger partial charge in [-0.2, -0.15) is 0 Å². The number of benzene rings is 1. The fourth-order valence-electron chi connectivity index (χ4n) is 2.68. The Hall–Kier alpha value is -2.56. The van der Waals surface area contributed by atoms with Crippen LogP contribution in [0.25, 0.3) is 0 Å². The summed E-state index contributed by atoms with van der Waals surface area (Å²) in [5, 5.41) is 6.63. The van der Waals surface area contributed by atoms with Crippen molar-refractivity contribution in [1.29, 1.82) is 0 Å². The van der Waals surface area contributed by atoms with Crippen molar-refractivity contribution in [3.63, 3.8) is 0 Å². The van der Waals surface area contributed by atoms with Crippen LogP contribution in [-0.4, -0.2) is 31.6 Å². The van der Waals surface area contributed by atoms with Gasteiger partial charge in [0.05, 0.1) is 7.11 Å². The molecular formula is C19H26N4O. The zero-order valence-corrected chi connectivity index (χ0v) is 14.9. The first-order valence-electron chi connectivity index (χ1n) is 8.12. The van der Waals surface area contributed by atoms with Gasteiger partial charge in [0.15, 0.2) is 5.96 Å². The number of rotatable bonds is 6. The molecule has 5 nitrogen and oxygen atoms in total. The summed E-state index contributed by atoms with van der Waals surface area (Å²) < 4.78 is 5.26. The molecule has 0 saturated heterocycles. The molecule has 2 aromatic rings. The lowest BCUT2D eigenvalue weighted by molar-refractivity contribution is 0.392. The zero-order chi connectivity index (χ0) is 17.4. The second-order valence-corrected chi connectivity index (χ2v) is 5.77.